The minimum absolute atomic E-state index is 0.00467. The number of rotatable bonds is 6. The van der Waals surface area contributed by atoms with E-state index in [-0.39, 0.29) is 12.5 Å². The van der Waals surface area contributed by atoms with Gasteiger partial charge in [-0.1, -0.05) is 12.1 Å². The molecule has 1 heterocycles. The number of benzene rings is 1. The Bertz CT molecular complexity index is 621. The van der Waals surface area contributed by atoms with Gasteiger partial charge in [0.05, 0.1) is 17.6 Å². The molecular weight excluding hydrogens is 290 g/mol. The van der Waals surface area contributed by atoms with E-state index in [2.05, 4.69) is 5.32 Å². The highest BCUT2D eigenvalue weighted by atomic mass is 32.1. The Labute approximate surface area is 125 Å². The lowest BCUT2D eigenvalue weighted by Crippen LogP contribution is -2.33. The fourth-order valence-corrected chi connectivity index (χ4v) is 2.56. The fourth-order valence-electron chi connectivity index (χ4n) is 1.73. The van der Waals surface area contributed by atoms with Crippen LogP contribution < -0.4 is 5.32 Å². The average Bonchev–Trinajstić information content (AvgIpc) is 3.01. The summed E-state index contributed by atoms with van der Waals surface area (Å²) in [5, 5.41) is 20.4. The number of aldehydes is 1. The van der Waals surface area contributed by atoms with Gasteiger partial charge in [-0.3, -0.25) is 9.59 Å². The van der Waals surface area contributed by atoms with E-state index in [9.17, 15) is 14.7 Å². The summed E-state index contributed by atoms with van der Waals surface area (Å²) >= 11 is 1.39. The fraction of sp³-hybridized carbons (Fsp3) is 0.200. The van der Waals surface area contributed by atoms with Gasteiger partial charge in [-0.05, 0) is 29.8 Å². The summed E-state index contributed by atoms with van der Waals surface area (Å²) < 4.78 is 0. The zero-order chi connectivity index (χ0) is 15.2. The van der Waals surface area contributed by atoms with Crippen molar-refractivity contribution in [1.29, 1.82) is 0 Å². The Morgan fingerprint density at radius 2 is 1.95 bits per heavy atom. The summed E-state index contributed by atoms with van der Waals surface area (Å²) in [5.74, 6) is -0.311. The van der Waals surface area contributed by atoms with Gasteiger partial charge < -0.3 is 15.5 Å². The van der Waals surface area contributed by atoms with Gasteiger partial charge >= 0.3 is 0 Å². The second-order valence-electron chi connectivity index (χ2n) is 4.44. The number of thiophene rings is 1. The lowest BCUT2D eigenvalue weighted by Gasteiger charge is -2.09. The molecule has 0 spiro atoms. The highest BCUT2D eigenvalue weighted by Gasteiger charge is 2.09. The Morgan fingerprint density at radius 3 is 2.52 bits per heavy atom. The van der Waals surface area contributed by atoms with E-state index in [1.165, 1.54) is 11.3 Å². The van der Waals surface area contributed by atoms with E-state index >= 15 is 0 Å². The molecule has 0 saturated heterocycles. The van der Waals surface area contributed by atoms with E-state index < -0.39 is 12.7 Å². The quantitative estimate of drug-likeness (QED) is 0.702. The molecule has 0 saturated carbocycles. The third-order valence-electron chi connectivity index (χ3n) is 2.88. The number of carbonyl (C=O) groups is 2. The second kappa shape index (κ2) is 7.12. The van der Waals surface area contributed by atoms with E-state index in [0.717, 1.165) is 16.7 Å². The number of aliphatic hydroxyl groups excluding tert-OH is 2. The molecule has 1 aromatic heterocycles. The maximum absolute atomic E-state index is 11.8. The molecule has 110 valence electrons. The van der Waals surface area contributed by atoms with E-state index in [0.29, 0.717) is 10.4 Å². The first kappa shape index (κ1) is 15.4. The molecule has 0 aliphatic heterocycles. The number of hydrogen-bond donors (Lipinski definition) is 3. The first-order chi connectivity index (χ1) is 10.1. The van der Waals surface area contributed by atoms with Crippen LogP contribution in [0.15, 0.2) is 36.4 Å². The third-order valence-corrected chi connectivity index (χ3v) is 3.94. The summed E-state index contributed by atoms with van der Waals surface area (Å²) in [5.41, 5.74) is 1.40. The zero-order valence-electron chi connectivity index (χ0n) is 11.2. The summed E-state index contributed by atoms with van der Waals surface area (Å²) in [6.45, 7) is -0.388. The van der Waals surface area contributed by atoms with Crippen LogP contribution in [-0.4, -0.2) is 41.7 Å². The van der Waals surface area contributed by atoms with E-state index in [4.69, 9.17) is 5.11 Å². The largest absolute Gasteiger partial charge is 0.394 e. The summed E-state index contributed by atoms with van der Waals surface area (Å²) in [4.78, 5) is 24.1. The van der Waals surface area contributed by atoms with Crippen LogP contribution >= 0.6 is 11.3 Å². The first-order valence-corrected chi connectivity index (χ1v) is 7.18. The average molecular weight is 305 g/mol. The highest BCUT2D eigenvalue weighted by Crippen LogP contribution is 2.27. The van der Waals surface area contributed by atoms with Crippen LogP contribution in [0.3, 0.4) is 0 Å². The van der Waals surface area contributed by atoms with Gasteiger partial charge in [-0.15, -0.1) is 11.3 Å². The molecule has 21 heavy (non-hydrogen) atoms. The normalized spacial score (nSPS) is 11.9. The predicted octanol–water partition coefficient (Wildman–Crippen LogP) is 1.31. The van der Waals surface area contributed by atoms with Crippen LogP contribution in [0, 0.1) is 0 Å². The maximum Gasteiger partial charge on any atom is 0.251 e. The van der Waals surface area contributed by atoms with Gasteiger partial charge in [-0.25, -0.2) is 0 Å². The molecule has 0 bridgehead atoms. The van der Waals surface area contributed by atoms with Crippen LogP contribution in [0.1, 0.15) is 20.0 Å². The Morgan fingerprint density at radius 1 is 1.24 bits per heavy atom. The van der Waals surface area contributed by atoms with Crippen molar-refractivity contribution in [3.8, 4) is 10.4 Å². The number of carbonyl (C=O) groups excluding carboxylic acids is 2. The molecule has 5 nitrogen and oxygen atoms in total. The van der Waals surface area contributed by atoms with Crippen LogP contribution in [0.25, 0.3) is 10.4 Å². The van der Waals surface area contributed by atoms with Crippen molar-refractivity contribution in [3.05, 3.63) is 46.8 Å². The molecule has 1 atom stereocenters. The van der Waals surface area contributed by atoms with Gasteiger partial charge in [0, 0.05) is 17.0 Å². The Hall–Kier alpha value is -2.02. The number of hydrogen-bond acceptors (Lipinski definition) is 5. The minimum Gasteiger partial charge on any atom is -0.394 e. The molecule has 0 fully saturated rings. The van der Waals surface area contributed by atoms with Crippen molar-refractivity contribution < 1.29 is 19.8 Å². The van der Waals surface area contributed by atoms with Crippen molar-refractivity contribution >= 4 is 23.5 Å². The maximum atomic E-state index is 11.8. The molecule has 1 amide bonds. The monoisotopic (exact) mass is 305 g/mol. The van der Waals surface area contributed by atoms with Crippen molar-refractivity contribution in [2.24, 2.45) is 0 Å². The van der Waals surface area contributed by atoms with Crippen molar-refractivity contribution in [3.63, 3.8) is 0 Å². The smallest absolute Gasteiger partial charge is 0.251 e. The van der Waals surface area contributed by atoms with E-state index in [1.807, 2.05) is 6.07 Å². The van der Waals surface area contributed by atoms with Crippen molar-refractivity contribution in [2.45, 2.75) is 6.10 Å². The molecule has 2 aromatic rings. The SMILES string of the molecule is O=Cc1ccc(-c2ccc(C(=O)NCC(O)CO)cc2)s1. The third kappa shape index (κ3) is 3.98. The number of amides is 1. The topological polar surface area (TPSA) is 86.6 Å². The lowest BCUT2D eigenvalue weighted by molar-refractivity contribution is 0.0802. The second-order valence-corrected chi connectivity index (χ2v) is 5.56. The van der Waals surface area contributed by atoms with Crippen molar-refractivity contribution in [1.82, 2.24) is 5.32 Å². The molecular formula is C15H15NO4S. The van der Waals surface area contributed by atoms with Crippen molar-refractivity contribution in [2.75, 3.05) is 13.2 Å². The van der Waals surface area contributed by atoms with Gasteiger partial charge in [0.1, 0.15) is 0 Å². The van der Waals surface area contributed by atoms with Gasteiger partial charge in [0.15, 0.2) is 6.29 Å². The molecule has 6 heteroatoms. The number of aliphatic hydroxyl groups is 2. The number of nitrogens with one attached hydrogen (secondary N) is 1. The van der Waals surface area contributed by atoms with Crippen LogP contribution in [0.4, 0.5) is 0 Å². The summed E-state index contributed by atoms with van der Waals surface area (Å²) in [7, 11) is 0. The standard InChI is InChI=1S/C15H15NO4S/c17-8-12(19)7-16-15(20)11-3-1-10(2-4-11)14-6-5-13(9-18)21-14/h1-6,9,12,17,19H,7-8H2,(H,16,20). The van der Waals surface area contributed by atoms with Gasteiger partial charge in [0.2, 0.25) is 0 Å². The predicted molar refractivity (Wildman–Crippen MR) is 80.6 cm³/mol. The Kier molecular flexibility index (Phi) is 5.21. The highest BCUT2D eigenvalue weighted by molar-refractivity contribution is 7.17. The first-order valence-electron chi connectivity index (χ1n) is 6.36. The Balaban J connectivity index is 2.04. The molecule has 3 N–H and O–H groups in total. The van der Waals surface area contributed by atoms with Crippen LogP contribution in [0.2, 0.25) is 0 Å². The molecule has 0 aliphatic carbocycles. The molecule has 1 unspecified atom stereocenters. The molecule has 2 rings (SSSR count). The zero-order valence-corrected chi connectivity index (χ0v) is 12.0. The summed E-state index contributed by atoms with van der Waals surface area (Å²) in [6, 6.07) is 10.6. The van der Waals surface area contributed by atoms with Gasteiger partial charge in [0.25, 0.3) is 5.91 Å². The lowest BCUT2D eigenvalue weighted by atomic mass is 10.1. The molecule has 0 radical (unpaired) electrons. The molecule has 1 aromatic carbocycles. The van der Waals surface area contributed by atoms with E-state index in [1.54, 1.807) is 30.3 Å². The minimum atomic E-state index is -0.957. The van der Waals surface area contributed by atoms with Crippen LogP contribution in [0.5, 0.6) is 0 Å². The molecule has 0 aliphatic rings. The van der Waals surface area contributed by atoms with Gasteiger partial charge in [-0.2, -0.15) is 0 Å². The van der Waals surface area contributed by atoms with Crippen LogP contribution in [-0.2, 0) is 0 Å². The summed E-state index contributed by atoms with van der Waals surface area (Å²) in [6.07, 6.45) is -0.149.